The standard InChI is InChI=1S/C17H21NO3/c1-18(13-17(21)9-2-3-10-17)16(20)15-8-4-6-14(12-15)7-5-11-19/h4,6,8,12,19,21H,2-3,9-11,13H2,1H3. The Morgan fingerprint density at radius 2 is 2.10 bits per heavy atom. The van der Waals surface area contributed by atoms with E-state index in [0.29, 0.717) is 17.7 Å². The first kappa shape index (κ1) is 15.6. The molecule has 0 atom stereocenters. The van der Waals surface area contributed by atoms with E-state index in [0.717, 1.165) is 25.7 Å². The lowest BCUT2D eigenvalue weighted by molar-refractivity contribution is 0.0157. The van der Waals surface area contributed by atoms with Crippen LogP contribution in [0.15, 0.2) is 24.3 Å². The van der Waals surface area contributed by atoms with E-state index in [1.54, 1.807) is 36.2 Å². The van der Waals surface area contributed by atoms with Gasteiger partial charge in [0.05, 0.1) is 5.60 Å². The average molecular weight is 287 g/mol. The van der Waals surface area contributed by atoms with E-state index in [2.05, 4.69) is 11.8 Å². The monoisotopic (exact) mass is 287 g/mol. The molecule has 1 aliphatic carbocycles. The molecule has 0 aromatic heterocycles. The van der Waals surface area contributed by atoms with E-state index in [1.165, 1.54) is 0 Å². The Balaban J connectivity index is 2.08. The van der Waals surface area contributed by atoms with E-state index in [4.69, 9.17) is 5.11 Å². The van der Waals surface area contributed by atoms with Crippen LogP contribution in [0.25, 0.3) is 0 Å². The van der Waals surface area contributed by atoms with Gasteiger partial charge in [0.1, 0.15) is 6.61 Å². The molecule has 4 heteroatoms. The highest BCUT2D eigenvalue weighted by atomic mass is 16.3. The highest BCUT2D eigenvalue weighted by Crippen LogP contribution is 2.30. The maximum atomic E-state index is 12.4. The van der Waals surface area contributed by atoms with Crippen molar-refractivity contribution in [2.45, 2.75) is 31.3 Å². The van der Waals surface area contributed by atoms with Gasteiger partial charge in [0.2, 0.25) is 0 Å². The van der Waals surface area contributed by atoms with Crippen LogP contribution in [-0.4, -0.2) is 46.8 Å². The van der Waals surface area contributed by atoms with Crippen molar-refractivity contribution >= 4 is 5.91 Å². The molecule has 1 aromatic carbocycles. The Bertz CT molecular complexity index is 565. The van der Waals surface area contributed by atoms with Gasteiger partial charge in [-0.2, -0.15) is 0 Å². The number of carbonyl (C=O) groups is 1. The van der Waals surface area contributed by atoms with Gasteiger partial charge in [0, 0.05) is 24.7 Å². The molecule has 0 bridgehead atoms. The third-order valence-electron chi connectivity index (χ3n) is 3.83. The van der Waals surface area contributed by atoms with Crippen LogP contribution >= 0.6 is 0 Å². The van der Waals surface area contributed by atoms with E-state index in [-0.39, 0.29) is 12.5 Å². The number of aliphatic hydroxyl groups is 2. The third-order valence-corrected chi connectivity index (χ3v) is 3.83. The topological polar surface area (TPSA) is 60.8 Å². The minimum Gasteiger partial charge on any atom is -0.388 e. The molecule has 112 valence electrons. The van der Waals surface area contributed by atoms with Gasteiger partial charge < -0.3 is 15.1 Å². The summed E-state index contributed by atoms with van der Waals surface area (Å²) in [7, 11) is 1.71. The summed E-state index contributed by atoms with van der Waals surface area (Å²) in [6, 6.07) is 7.01. The first-order valence-electron chi connectivity index (χ1n) is 7.22. The highest BCUT2D eigenvalue weighted by molar-refractivity contribution is 5.94. The van der Waals surface area contributed by atoms with Gasteiger partial charge in [-0.1, -0.05) is 30.7 Å². The van der Waals surface area contributed by atoms with Gasteiger partial charge >= 0.3 is 0 Å². The quantitative estimate of drug-likeness (QED) is 0.826. The molecule has 0 saturated heterocycles. The molecule has 1 amide bonds. The first-order valence-corrected chi connectivity index (χ1v) is 7.22. The second kappa shape index (κ2) is 6.75. The number of likely N-dealkylation sites (N-methyl/N-ethyl adjacent to an activating group) is 1. The number of hydrogen-bond donors (Lipinski definition) is 2. The van der Waals surface area contributed by atoms with Crippen LogP contribution in [0, 0.1) is 11.8 Å². The van der Waals surface area contributed by atoms with Crippen LogP contribution in [0.3, 0.4) is 0 Å². The molecule has 0 radical (unpaired) electrons. The Labute approximate surface area is 125 Å². The molecule has 0 unspecified atom stereocenters. The van der Waals surface area contributed by atoms with Crippen LogP contribution in [0.1, 0.15) is 41.6 Å². The van der Waals surface area contributed by atoms with Crippen molar-refractivity contribution in [2.75, 3.05) is 20.2 Å². The van der Waals surface area contributed by atoms with Crippen LogP contribution in [0.2, 0.25) is 0 Å². The minimum atomic E-state index is -0.737. The first-order chi connectivity index (χ1) is 10.0. The molecule has 2 rings (SSSR count). The number of carbonyl (C=O) groups excluding carboxylic acids is 1. The van der Waals surface area contributed by atoms with Crippen LogP contribution in [0.5, 0.6) is 0 Å². The number of aliphatic hydroxyl groups excluding tert-OH is 1. The van der Waals surface area contributed by atoms with Crippen molar-refractivity contribution in [1.82, 2.24) is 4.90 Å². The van der Waals surface area contributed by atoms with E-state index in [9.17, 15) is 9.90 Å². The lowest BCUT2D eigenvalue weighted by atomic mass is 10.0. The number of hydrogen-bond acceptors (Lipinski definition) is 3. The van der Waals surface area contributed by atoms with Gasteiger partial charge in [-0.25, -0.2) is 0 Å². The van der Waals surface area contributed by atoms with E-state index < -0.39 is 5.60 Å². The zero-order chi connectivity index (χ0) is 15.3. The number of nitrogens with zero attached hydrogens (tertiary/aromatic N) is 1. The normalized spacial score (nSPS) is 16.1. The average Bonchev–Trinajstić information content (AvgIpc) is 2.90. The Morgan fingerprint density at radius 1 is 1.38 bits per heavy atom. The molecule has 1 fully saturated rings. The maximum Gasteiger partial charge on any atom is 0.253 e. The molecule has 1 aliphatic rings. The van der Waals surface area contributed by atoms with Gasteiger partial charge in [-0.3, -0.25) is 4.79 Å². The third kappa shape index (κ3) is 4.07. The second-order valence-electron chi connectivity index (χ2n) is 5.63. The zero-order valence-corrected chi connectivity index (χ0v) is 12.3. The second-order valence-corrected chi connectivity index (χ2v) is 5.63. The number of rotatable bonds is 3. The summed E-state index contributed by atoms with van der Waals surface area (Å²) in [5, 5.41) is 19.1. The van der Waals surface area contributed by atoms with Gasteiger partial charge in [-0.15, -0.1) is 0 Å². The SMILES string of the molecule is CN(CC1(O)CCCC1)C(=O)c1cccc(C#CCO)c1. The van der Waals surface area contributed by atoms with Crippen molar-refractivity contribution in [3.63, 3.8) is 0 Å². The Morgan fingerprint density at radius 3 is 2.76 bits per heavy atom. The predicted molar refractivity (Wildman–Crippen MR) is 80.8 cm³/mol. The fourth-order valence-corrected chi connectivity index (χ4v) is 2.80. The fraction of sp³-hybridized carbons (Fsp3) is 0.471. The molecular formula is C17H21NO3. The summed E-state index contributed by atoms with van der Waals surface area (Å²) in [6.07, 6.45) is 3.55. The van der Waals surface area contributed by atoms with Gasteiger partial charge in [0.25, 0.3) is 5.91 Å². The van der Waals surface area contributed by atoms with E-state index >= 15 is 0 Å². The van der Waals surface area contributed by atoms with Gasteiger partial charge in [-0.05, 0) is 31.0 Å². The Hall–Kier alpha value is -1.83. The zero-order valence-electron chi connectivity index (χ0n) is 12.3. The summed E-state index contributed by atoms with van der Waals surface area (Å²) in [6.45, 7) is 0.156. The van der Waals surface area contributed by atoms with Crippen molar-refractivity contribution in [3.8, 4) is 11.8 Å². The Kier molecular flexibility index (Phi) is 5.00. The van der Waals surface area contributed by atoms with Crippen LogP contribution < -0.4 is 0 Å². The van der Waals surface area contributed by atoms with Crippen molar-refractivity contribution in [1.29, 1.82) is 0 Å². The molecule has 0 heterocycles. The van der Waals surface area contributed by atoms with Crippen LogP contribution in [0.4, 0.5) is 0 Å². The molecular weight excluding hydrogens is 266 g/mol. The summed E-state index contributed by atoms with van der Waals surface area (Å²) < 4.78 is 0. The van der Waals surface area contributed by atoms with E-state index in [1.807, 2.05) is 0 Å². The smallest absolute Gasteiger partial charge is 0.253 e. The number of amides is 1. The predicted octanol–water partition coefficient (Wildman–Crippen LogP) is 1.41. The maximum absolute atomic E-state index is 12.4. The molecule has 0 aliphatic heterocycles. The molecule has 0 spiro atoms. The summed E-state index contributed by atoms with van der Waals surface area (Å²) in [5.74, 6) is 5.23. The fourth-order valence-electron chi connectivity index (χ4n) is 2.80. The molecule has 1 aromatic rings. The molecule has 2 N–H and O–H groups in total. The van der Waals surface area contributed by atoms with Crippen LogP contribution in [-0.2, 0) is 0 Å². The highest BCUT2D eigenvalue weighted by Gasteiger charge is 2.33. The minimum absolute atomic E-state index is 0.122. The molecule has 4 nitrogen and oxygen atoms in total. The lowest BCUT2D eigenvalue weighted by Crippen LogP contribution is -2.42. The summed E-state index contributed by atoms with van der Waals surface area (Å²) in [5.41, 5.74) is 0.505. The lowest BCUT2D eigenvalue weighted by Gasteiger charge is -2.28. The number of benzene rings is 1. The van der Waals surface area contributed by atoms with Crippen molar-refractivity contribution < 1.29 is 15.0 Å². The molecule has 1 saturated carbocycles. The summed E-state index contributed by atoms with van der Waals surface area (Å²) >= 11 is 0. The van der Waals surface area contributed by atoms with Crippen molar-refractivity contribution in [3.05, 3.63) is 35.4 Å². The molecule has 21 heavy (non-hydrogen) atoms. The van der Waals surface area contributed by atoms with Crippen molar-refractivity contribution in [2.24, 2.45) is 0 Å². The summed E-state index contributed by atoms with van der Waals surface area (Å²) in [4.78, 5) is 14.0. The van der Waals surface area contributed by atoms with Gasteiger partial charge in [0.15, 0.2) is 0 Å². The largest absolute Gasteiger partial charge is 0.388 e.